The van der Waals surface area contributed by atoms with Crippen LogP contribution in [-0.4, -0.2) is 58.9 Å². The number of aliphatic carboxylic acids is 2. The van der Waals surface area contributed by atoms with Gasteiger partial charge in [0.25, 0.3) is 0 Å². The lowest BCUT2D eigenvalue weighted by atomic mass is 10.2. The molecule has 0 aliphatic rings. The zero-order valence-electron chi connectivity index (χ0n) is 11.4. The molecule has 0 saturated carbocycles. The number of ether oxygens (including phenoxy) is 2. The van der Waals surface area contributed by atoms with Crippen LogP contribution >= 0.6 is 0 Å². The lowest BCUT2D eigenvalue weighted by Crippen LogP contribution is -2.39. The molecule has 120 valence electrons. The summed E-state index contributed by atoms with van der Waals surface area (Å²) >= 11 is 0. The van der Waals surface area contributed by atoms with E-state index in [1.165, 1.54) is 6.92 Å². The summed E-state index contributed by atoms with van der Waals surface area (Å²) in [5.74, 6) is -4.40. The van der Waals surface area contributed by atoms with Crippen LogP contribution in [0.25, 0.3) is 0 Å². The molecule has 0 aromatic carbocycles. The van der Waals surface area contributed by atoms with E-state index in [1.807, 2.05) is 0 Å². The van der Waals surface area contributed by atoms with Crippen LogP contribution in [0.3, 0.4) is 0 Å². The highest BCUT2D eigenvalue weighted by Gasteiger charge is 2.23. The normalized spacial score (nSPS) is 14.6. The van der Waals surface area contributed by atoms with E-state index in [-0.39, 0.29) is 6.61 Å². The summed E-state index contributed by atoms with van der Waals surface area (Å²) in [6, 6.07) is -2.64. The Kier molecular flexibility index (Phi) is 7.94. The van der Waals surface area contributed by atoms with E-state index in [0.29, 0.717) is 0 Å². The zero-order chi connectivity index (χ0) is 16.6. The first kappa shape index (κ1) is 18.8. The quantitative estimate of drug-likeness (QED) is 0.350. The van der Waals surface area contributed by atoms with Gasteiger partial charge in [-0.3, -0.25) is 19.2 Å². The Bertz CT molecular complexity index is 411. The first-order chi connectivity index (χ1) is 9.63. The summed E-state index contributed by atoms with van der Waals surface area (Å²) < 4.78 is 9.43. The fourth-order valence-corrected chi connectivity index (χ4v) is 1.17. The number of carboxylic acids is 2. The number of rotatable bonds is 9. The largest absolute Gasteiger partial charge is 0.481 e. The van der Waals surface area contributed by atoms with Crippen molar-refractivity contribution >= 4 is 23.9 Å². The highest BCUT2D eigenvalue weighted by Crippen LogP contribution is 2.00. The molecule has 0 amide bonds. The van der Waals surface area contributed by atoms with Gasteiger partial charge in [-0.05, 0) is 6.92 Å². The van der Waals surface area contributed by atoms with Gasteiger partial charge in [0.15, 0.2) is 0 Å². The highest BCUT2D eigenvalue weighted by atomic mass is 16.6. The maximum atomic E-state index is 11.4. The van der Waals surface area contributed by atoms with Crippen LogP contribution in [0.1, 0.15) is 19.8 Å². The third kappa shape index (κ3) is 8.55. The van der Waals surface area contributed by atoms with E-state index in [9.17, 15) is 19.2 Å². The van der Waals surface area contributed by atoms with Crippen molar-refractivity contribution in [2.24, 2.45) is 11.5 Å². The molecule has 0 aromatic rings. The number of carbonyl (C=O) groups excluding carboxylic acids is 2. The van der Waals surface area contributed by atoms with Crippen LogP contribution in [0.2, 0.25) is 0 Å². The van der Waals surface area contributed by atoms with Gasteiger partial charge < -0.3 is 31.2 Å². The summed E-state index contributed by atoms with van der Waals surface area (Å²) in [5.41, 5.74) is 10.5. The van der Waals surface area contributed by atoms with E-state index >= 15 is 0 Å². The molecule has 0 fully saturated rings. The lowest BCUT2D eigenvalue weighted by molar-refractivity contribution is -0.161. The summed E-state index contributed by atoms with van der Waals surface area (Å²) in [6.07, 6.45) is -2.05. The van der Waals surface area contributed by atoms with Crippen LogP contribution in [0.4, 0.5) is 0 Å². The van der Waals surface area contributed by atoms with Crippen molar-refractivity contribution < 1.29 is 38.9 Å². The molecule has 0 aromatic heterocycles. The van der Waals surface area contributed by atoms with Crippen LogP contribution < -0.4 is 11.5 Å². The van der Waals surface area contributed by atoms with Gasteiger partial charge in [0, 0.05) is 0 Å². The number of hydrogen-bond donors (Lipinski definition) is 4. The van der Waals surface area contributed by atoms with Gasteiger partial charge >= 0.3 is 23.9 Å². The number of nitrogens with two attached hydrogens (primary N) is 2. The molecule has 3 unspecified atom stereocenters. The molecule has 21 heavy (non-hydrogen) atoms. The van der Waals surface area contributed by atoms with Gasteiger partial charge in [0.1, 0.15) is 24.8 Å². The highest BCUT2D eigenvalue weighted by molar-refractivity contribution is 5.82. The van der Waals surface area contributed by atoms with E-state index in [4.69, 9.17) is 26.4 Å². The van der Waals surface area contributed by atoms with Crippen molar-refractivity contribution in [2.45, 2.75) is 38.0 Å². The molecule has 0 aliphatic heterocycles. The maximum absolute atomic E-state index is 11.4. The molecular weight excluding hydrogens is 288 g/mol. The van der Waals surface area contributed by atoms with Crippen LogP contribution in [0.5, 0.6) is 0 Å². The first-order valence-electron chi connectivity index (χ1n) is 5.95. The SMILES string of the molecule is CC(COC(=O)C(N)CC(=O)O)OC(=O)C(N)CC(=O)O. The van der Waals surface area contributed by atoms with Gasteiger partial charge in [0.05, 0.1) is 12.8 Å². The number of esters is 2. The van der Waals surface area contributed by atoms with E-state index in [0.717, 1.165) is 0 Å². The second-order valence-corrected chi connectivity index (χ2v) is 4.29. The molecule has 0 saturated heterocycles. The summed E-state index contributed by atoms with van der Waals surface area (Å²) in [6.45, 7) is 1.04. The Balaban J connectivity index is 4.12. The smallest absolute Gasteiger partial charge is 0.323 e. The maximum Gasteiger partial charge on any atom is 0.323 e. The molecule has 0 spiro atoms. The minimum Gasteiger partial charge on any atom is -0.481 e. The molecule has 0 bridgehead atoms. The lowest BCUT2D eigenvalue weighted by Gasteiger charge is -2.17. The van der Waals surface area contributed by atoms with Gasteiger partial charge in [0.2, 0.25) is 0 Å². The fraction of sp³-hybridized carbons (Fsp3) is 0.636. The monoisotopic (exact) mass is 306 g/mol. The molecule has 0 heterocycles. The zero-order valence-corrected chi connectivity index (χ0v) is 11.4. The molecule has 0 rings (SSSR count). The topological polar surface area (TPSA) is 179 Å². The molecule has 3 atom stereocenters. The second-order valence-electron chi connectivity index (χ2n) is 4.29. The average molecular weight is 306 g/mol. The molecular formula is C11H18N2O8. The second kappa shape index (κ2) is 8.87. The van der Waals surface area contributed by atoms with E-state index in [1.54, 1.807) is 0 Å². The summed E-state index contributed by atoms with van der Waals surface area (Å²) in [5, 5.41) is 16.9. The molecule has 0 radical (unpaired) electrons. The van der Waals surface area contributed by atoms with Crippen LogP contribution in [-0.2, 0) is 28.7 Å². The van der Waals surface area contributed by atoms with Crippen molar-refractivity contribution in [2.75, 3.05) is 6.61 Å². The molecule has 0 aliphatic carbocycles. The van der Waals surface area contributed by atoms with Gasteiger partial charge in [-0.15, -0.1) is 0 Å². The van der Waals surface area contributed by atoms with Gasteiger partial charge in [-0.1, -0.05) is 0 Å². The Morgan fingerprint density at radius 1 is 0.952 bits per heavy atom. The minimum atomic E-state index is -1.32. The Hall–Kier alpha value is -2.20. The Labute approximate surface area is 120 Å². The van der Waals surface area contributed by atoms with Crippen molar-refractivity contribution in [3.8, 4) is 0 Å². The van der Waals surface area contributed by atoms with Crippen molar-refractivity contribution in [3.63, 3.8) is 0 Å². The summed E-state index contributed by atoms with van der Waals surface area (Å²) in [7, 11) is 0. The fourth-order valence-electron chi connectivity index (χ4n) is 1.17. The van der Waals surface area contributed by atoms with E-state index in [2.05, 4.69) is 4.74 Å². The molecule has 6 N–H and O–H groups in total. The third-order valence-corrected chi connectivity index (χ3v) is 2.17. The number of hydrogen-bond acceptors (Lipinski definition) is 8. The Morgan fingerprint density at radius 3 is 1.81 bits per heavy atom. The van der Waals surface area contributed by atoms with Crippen molar-refractivity contribution in [1.82, 2.24) is 0 Å². The molecule has 10 nitrogen and oxygen atoms in total. The van der Waals surface area contributed by atoms with Crippen LogP contribution in [0.15, 0.2) is 0 Å². The van der Waals surface area contributed by atoms with Gasteiger partial charge in [-0.25, -0.2) is 0 Å². The standard InChI is InChI=1S/C11H18N2O8/c1-5(21-11(19)7(13)3-9(16)17)4-20-10(18)6(12)2-8(14)15/h5-7H,2-4,12-13H2,1H3,(H,14,15)(H,16,17). The van der Waals surface area contributed by atoms with Crippen molar-refractivity contribution in [3.05, 3.63) is 0 Å². The third-order valence-electron chi connectivity index (χ3n) is 2.17. The predicted molar refractivity (Wildman–Crippen MR) is 67.0 cm³/mol. The number of carboxylic acid groups (broad SMARTS) is 2. The Morgan fingerprint density at radius 2 is 1.38 bits per heavy atom. The van der Waals surface area contributed by atoms with Gasteiger partial charge in [-0.2, -0.15) is 0 Å². The molecule has 10 heteroatoms. The minimum absolute atomic E-state index is 0.350. The summed E-state index contributed by atoms with van der Waals surface area (Å²) in [4.78, 5) is 43.4. The van der Waals surface area contributed by atoms with Crippen LogP contribution in [0, 0.1) is 0 Å². The van der Waals surface area contributed by atoms with E-state index < -0.39 is 54.9 Å². The average Bonchev–Trinajstić information content (AvgIpc) is 2.33. The predicted octanol–water partition coefficient (Wildman–Crippen LogP) is -1.93. The number of carbonyl (C=O) groups is 4. The first-order valence-corrected chi connectivity index (χ1v) is 5.95. The van der Waals surface area contributed by atoms with Crippen molar-refractivity contribution in [1.29, 1.82) is 0 Å².